The van der Waals surface area contributed by atoms with Crippen molar-refractivity contribution in [3.63, 3.8) is 0 Å². The maximum Gasteiger partial charge on any atom is 0.339 e. The molecule has 1 aromatic heterocycles. The molecular formula is C24H25N3O2. The topological polar surface area (TPSA) is 56.7 Å². The van der Waals surface area contributed by atoms with E-state index in [9.17, 15) is 9.90 Å². The number of benzene rings is 2. The van der Waals surface area contributed by atoms with Crippen molar-refractivity contribution in [2.75, 3.05) is 31.1 Å². The Morgan fingerprint density at radius 2 is 1.48 bits per heavy atom. The largest absolute Gasteiger partial charge is 0.478 e. The van der Waals surface area contributed by atoms with Gasteiger partial charge in [-0.05, 0) is 35.2 Å². The molecule has 0 unspecified atom stereocenters. The molecule has 4 rings (SSSR count). The molecule has 0 spiro atoms. The quantitative estimate of drug-likeness (QED) is 0.699. The van der Waals surface area contributed by atoms with Crippen LogP contribution in [0.4, 0.5) is 5.82 Å². The fourth-order valence-corrected chi connectivity index (χ4v) is 3.79. The van der Waals surface area contributed by atoms with Gasteiger partial charge in [0.1, 0.15) is 11.4 Å². The molecule has 5 nitrogen and oxygen atoms in total. The SMILES string of the molecule is O=C(O)c1cccnc1N1CCN(Cc2ccc(Cc3ccccc3)cc2)CC1. The number of carboxylic acid groups (broad SMARTS) is 1. The monoisotopic (exact) mass is 387 g/mol. The van der Waals surface area contributed by atoms with Crippen LogP contribution in [0.3, 0.4) is 0 Å². The second-order valence-corrected chi connectivity index (χ2v) is 7.42. The number of hydrogen-bond acceptors (Lipinski definition) is 4. The molecule has 0 aliphatic carbocycles. The molecule has 3 aromatic rings. The van der Waals surface area contributed by atoms with Crippen LogP contribution in [-0.2, 0) is 13.0 Å². The van der Waals surface area contributed by atoms with E-state index < -0.39 is 5.97 Å². The number of aromatic nitrogens is 1. The summed E-state index contributed by atoms with van der Waals surface area (Å²) in [6.45, 7) is 4.25. The van der Waals surface area contributed by atoms with Crippen LogP contribution in [0.2, 0.25) is 0 Å². The third-order valence-electron chi connectivity index (χ3n) is 5.37. The molecule has 1 saturated heterocycles. The number of piperazine rings is 1. The molecule has 0 saturated carbocycles. The predicted molar refractivity (Wildman–Crippen MR) is 114 cm³/mol. The summed E-state index contributed by atoms with van der Waals surface area (Å²) in [7, 11) is 0. The van der Waals surface area contributed by atoms with E-state index in [1.807, 2.05) is 6.07 Å². The minimum Gasteiger partial charge on any atom is -0.478 e. The summed E-state index contributed by atoms with van der Waals surface area (Å²) >= 11 is 0. The maximum atomic E-state index is 11.4. The zero-order chi connectivity index (χ0) is 20.1. The minimum absolute atomic E-state index is 0.273. The normalized spacial score (nSPS) is 14.7. The number of carbonyl (C=O) groups is 1. The number of rotatable bonds is 6. The molecule has 2 heterocycles. The van der Waals surface area contributed by atoms with Gasteiger partial charge in [-0.3, -0.25) is 4.90 Å². The van der Waals surface area contributed by atoms with E-state index in [0.29, 0.717) is 5.82 Å². The van der Waals surface area contributed by atoms with E-state index in [1.165, 1.54) is 16.7 Å². The molecule has 1 aliphatic rings. The van der Waals surface area contributed by atoms with Crippen LogP contribution in [-0.4, -0.2) is 47.1 Å². The number of aromatic carboxylic acids is 1. The lowest BCUT2D eigenvalue weighted by atomic mass is 10.0. The Kier molecular flexibility index (Phi) is 5.86. The minimum atomic E-state index is -0.925. The van der Waals surface area contributed by atoms with Gasteiger partial charge in [-0.2, -0.15) is 0 Å². The number of hydrogen-bond donors (Lipinski definition) is 1. The van der Waals surface area contributed by atoms with Gasteiger partial charge in [-0.1, -0.05) is 54.6 Å². The highest BCUT2D eigenvalue weighted by Crippen LogP contribution is 2.20. The number of nitrogens with zero attached hydrogens (tertiary/aromatic N) is 3. The highest BCUT2D eigenvalue weighted by molar-refractivity contribution is 5.93. The number of pyridine rings is 1. The van der Waals surface area contributed by atoms with Crippen molar-refractivity contribution in [2.24, 2.45) is 0 Å². The fraction of sp³-hybridized carbons (Fsp3) is 0.250. The van der Waals surface area contributed by atoms with Crippen LogP contribution in [0.25, 0.3) is 0 Å². The average molecular weight is 387 g/mol. The molecule has 2 aromatic carbocycles. The highest BCUT2D eigenvalue weighted by atomic mass is 16.4. The molecule has 0 bridgehead atoms. The lowest BCUT2D eigenvalue weighted by Gasteiger charge is -2.35. The second-order valence-electron chi connectivity index (χ2n) is 7.42. The first-order valence-corrected chi connectivity index (χ1v) is 9.96. The first-order chi connectivity index (χ1) is 14.2. The van der Waals surface area contributed by atoms with E-state index >= 15 is 0 Å². The Morgan fingerprint density at radius 3 is 2.17 bits per heavy atom. The van der Waals surface area contributed by atoms with Crippen molar-refractivity contribution in [2.45, 2.75) is 13.0 Å². The van der Waals surface area contributed by atoms with E-state index in [4.69, 9.17) is 0 Å². The lowest BCUT2D eigenvalue weighted by molar-refractivity contribution is 0.0697. The van der Waals surface area contributed by atoms with Gasteiger partial charge in [0.05, 0.1) is 0 Å². The molecule has 0 amide bonds. The van der Waals surface area contributed by atoms with E-state index in [2.05, 4.69) is 63.3 Å². The lowest BCUT2D eigenvalue weighted by Crippen LogP contribution is -2.46. The van der Waals surface area contributed by atoms with Gasteiger partial charge in [-0.25, -0.2) is 9.78 Å². The summed E-state index contributed by atoms with van der Waals surface area (Å²) in [5.41, 5.74) is 4.22. The fourth-order valence-electron chi connectivity index (χ4n) is 3.79. The van der Waals surface area contributed by atoms with Gasteiger partial charge >= 0.3 is 5.97 Å². The summed E-state index contributed by atoms with van der Waals surface area (Å²) in [6, 6.07) is 22.7. The molecular weight excluding hydrogens is 362 g/mol. The van der Waals surface area contributed by atoms with Gasteiger partial charge in [-0.15, -0.1) is 0 Å². The van der Waals surface area contributed by atoms with Crippen molar-refractivity contribution < 1.29 is 9.90 Å². The molecule has 1 fully saturated rings. The van der Waals surface area contributed by atoms with Gasteiger partial charge in [0.2, 0.25) is 0 Å². The zero-order valence-electron chi connectivity index (χ0n) is 16.4. The summed E-state index contributed by atoms with van der Waals surface area (Å²) in [6.07, 6.45) is 2.61. The zero-order valence-corrected chi connectivity index (χ0v) is 16.4. The van der Waals surface area contributed by atoms with Crippen molar-refractivity contribution in [1.82, 2.24) is 9.88 Å². The van der Waals surface area contributed by atoms with Crippen molar-refractivity contribution in [3.05, 3.63) is 95.2 Å². The smallest absolute Gasteiger partial charge is 0.339 e. The van der Waals surface area contributed by atoms with Crippen LogP contribution in [0, 0.1) is 0 Å². The summed E-state index contributed by atoms with van der Waals surface area (Å²) in [5.74, 6) is -0.351. The van der Waals surface area contributed by atoms with Crippen LogP contribution in [0.1, 0.15) is 27.0 Å². The van der Waals surface area contributed by atoms with Crippen LogP contribution >= 0.6 is 0 Å². The average Bonchev–Trinajstić information content (AvgIpc) is 2.76. The van der Waals surface area contributed by atoms with Crippen LogP contribution in [0.5, 0.6) is 0 Å². The summed E-state index contributed by atoms with van der Waals surface area (Å²) < 4.78 is 0. The maximum absolute atomic E-state index is 11.4. The van der Waals surface area contributed by atoms with E-state index in [0.717, 1.165) is 39.1 Å². The third-order valence-corrected chi connectivity index (χ3v) is 5.37. The van der Waals surface area contributed by atoms with E-state index in [-0.39, 0.29) is 5.56 Å². The third kappa shape index (κ3) is 4.81. The summed E-state index contributed by atoms with van der Waals surface area (Å²) in [5, 5.41) is 9.38. The van der Waals surface area contributed by atoms with Gasteiger partial charge < -0.3 is 10.0 Å². The van der Waals surface area contributed by atoms with Crippen molar-refractivity contribution in [3.8, 4) is 0 Å². The molecule has 1 aliphatic heterocycles. The first-order valence-electron chi connectivity index (χ1n) is 9.96. The van der Waals surface area contributed by atoms with Crippen molar-refractivity contribution in [1.29, 1.82) is 0 Å². The molecule has 0 atom stereocenters. The van der Waals surface area contributed by atoms with Gasteiger partial charge in [0.25, 0.3) is 0 Å². The molecule has 148 valence electrons. The predicted octanol–water partition coefficient (Wildman–Crippen LogP) is 3.69. The van der Waals surface area contributed by atoms with Crippen LogP contribution < -0.4 is 4.90 Å². The highest BCUT2D eigenvalue weighted by Gasteiger charge is 2.22. The summed E-state index contributed by atoms with van der Waals surface area (Å²) in [4.78, 5) is 20.2. The molecule has 1 N–H and O–H groups in total. The molecule has 29 heavy (non-hydrogen) atoms. The Labute approximate surface area is 171 Å². The number of carboxylic acids is 1. The van der Waals surface area contributed by atoms with Gasteiger partial charge in [0, 0.05) is 38.9 Å². The first kappa shape index (κ1) is 19.2. The van der Waals surface area contributed by atoms with E-state index in [1.54, 1.807) is 18.3 Å². The Bertz CT molecular complexity index is 949. The molecule has 0 radical (unpaired) electrons. The van der Waals surface area contributed by atoms with Gasteiger partial charge in [0.15, 0.2) is 0 Å². The molecule has 5 heteroatoms. The second kappa shape index (κ2) is 8.88. The Morgan fingerprint density at radius 1 is 0.828 bits per heavy atom. The van der Waals surface area contributed by atoms with Crippen LogP contribution in [0.15, 0.2) is 72.9 Å². The standard InChI is InChI=1S/C24H25N3O2/c28-24(29)22-7-4-12-25-23(22)27-15-13-26(14-16-27)18-21-10-8-20(9-11-21)17-19-5-2-1-3-6-19/h1-12H,13-18H2,(H,28,29). The van der Waals surface area contributed by atoms with Crippen molar-refractivity contribution >= 4 is 11.8 Å². The Balaban J connectivity index is 1.32. The Hall–Kier alpha value is -3.18. The number of anilines is 1.